The highest BCUT2D eigenvalue weighted by atomic mass is 16.5. The van der Waals surface area contributed by atoms with E-state index in [1.165, 1.54) is 0 Å². The minimum atomic E-state index is -0.790. The highest BCUT2D eigenvalue weighted by Gasteiger charge is 2.32. The van der Waals surface area contributed by atoms with E-state index in [2.05, 4.69) is 5.32 Å². The fraction of sp³-hybridized carbons (Fsp3) is 0.900. The molecular weight excluding hydrogens is 182 g/mol. The Morgan fingerprint density at radius 1 is 1.64 bits per heavy atom. The molecule has 0 bridgehead atoms. The molecule has 0 heterocycles. The second-order valence-corrected chi connectivity index (χ2v) is 4.50. The standard InChI is InChI=1S/C10H19NO3/c1-10(2,14-3)6-8(9(12)13)11-7-4-5-7/h7-8,11H,4-6H2,1-3H3,(H,12,13). The molecule has 1 rings (SSSR count). The van der Waals surface area contributed by atoms with Crippen LogP contribution in [0, 0.1) is 0 Å². The quantitative estimate of drug-likeness (QED) is 0.673. The summed E-state index contributed by atoms with van der Waals surface area (Å²) in [5, 5.41) is 12.1. The highest BCUT2D eigenvalue weighted by molar-refractivity contribution is 5.73. The molecule has 4 nitrogen and oxygen atoms in total. The molecule has 0 aromatic heterocycles. The molecule has 0 aromatic carbocycles. The van der Waals surface area contributed by atoms with E-state index in [0.717, 1.165) is 12.8 Å². The number of ether oxygens (including phenoxy) is 1. The molecule has 2 N–H and O–H groups in total. The first-order chi connectivity index (χ1) is 6.44. The van der Waals surface area contributed by atoms with E-state index in [9.17, 15) is 4.79 Å². The first kappa shape index (κ1) is 11.5. The number of hydrogen-bond acceptors (Lipinski definition) is 3. The lowest BCUT2D eigenvalue weighted by Crippen LogP contribution is -2.43. The largest absolute Gasteiger partial charge is 0.480 e. The predicted molar refractivity (Wildman–Crippen MR) is 53.3 cm³/mol. The van der Waals surface area contributed by atoms with Crippen molar-refractivity contribution in [3.05, 3.63) is 0 Å². The van der Waals surface area contributed by atoms with Gasteiger partial charge >= 0.3 is 5.97 Å². The Morgan fingerprint density at radius 3 is 2.57 bits per heavy atom. The molecule has 1 fully saturated rings. The van der Waals surface area contributed by atoms with Crippen molar-refractivity contribution in [3.63, 3.8) is 0 Å². The van der Waals surface area contributed by atoms with Gasteiger partial charge in [0.1, 0.15) is 6.04 Å². The average molecular weight is 201 g/mol. The van der Waals surface area contributed by atoms with Crippen molar-refractivity contribution in [2.75, 3.05) is 7.11 Å². The number of hydrogen-bond donors (Lipinski definition) is 2. The molecule has 0 aliphatic heterocycles. The van der Waals surface area contributed by atoms with Crippen LogP contribution in [-0.2, 0) is 9.53 Å². The molecule has 0 radical (unpaired) electrons. The molecule has 4 heteroatoms. The summed E-state index contributed by atoms with van der Waals surface area (Å²) in [6.07, 6.45) is 2.68. The third-order valence-corrected chi connectivity index (χ3v) is 2.56. The summed E-state index contributed by atoms with van der Waals surface area (Å²) in [6, 6.07) is -0.0822. The summed E-state index contributed by atoms with van der Waals surface area (Å²) in [4.78, 5) is 10.9. The summed E-state index contributed by atoms with van der Waals surface area (Å²) >= 11 is 0. The summed E-state index contributed by atoms with van der Waals surface area (Å²) in [5.74, 6) is -0.790. The van der Waals surface area contributed by atoms with Crippen LogP contribution in [0.5, 0.6) is 0 Å². The van der Waals surface area contributed by atoms with Gasteiger partial charge in [0.2, 0.25) is 0 Å². The van der Waals surface area contributed by atoms with Crippen molar-refractivity contribution in [2.24, 2.45) is 0 Å². The van der Waals surface area contributed by atoms with Crippen LogP contribution in [0.25, 0.3) is 0 Å². The second-order valence-electron chi connectivity index (χ2n) is 4.50. The number of carboxylic acids is 1. The summed E-state index contributed by atoms with van der Waals surface area (Å²) < 4.78 is 5.22. The Hall–Kier alpha value is -0.610. The second kappa shape index (κ2) is 4.28. The summed E-state index contributed by atoms with van der Waals surface area (Å²) in [6.45, 7) is 3.80. The average Bonchev–Trinajstić information content (AvgIpc) is 2.86. The SMILES string of the molecule is COC(C)(C)CC(NC1CC1)C(=O)O. The zero-order chi connectivity index (χ0) is 10.8. The normalized spacial score (nSPS) is 19.4. The highest BCUT2D eigenvalue weighted by Crippen LogP contribution is 2.22. The Morgan fingerprint density at radius 2 is 2.21 bits per heavy atom. The van der Waals surface area contributed by atoms with Crippen molar-refractivity contribution >= 4 is 5.97 Å². The van der Waals surface area contributed by atoms with Crippen molar-refractivity contribution in [1.29, 1.82) is 0 Å². The summed E-state index contributed by atoms with van der Waals surface area (Å²) in [5.41, 5.74) is -0.384. The first-order valence-electron chi connectivity index (χ1n) is 4.98. The van der Waals surface area contributed by atoms with Gasteiger partial charge in [-0.15, -0.1) is 0 Å². The minimum Gasteiger partial charge on any atom is -0.480 e. The maximum Gasteiger partial charge on any atom is 0.320 e. The van der Waals surface area contributed by atoms with Gasteiger partial charge in [-0.3, -0.25) is 4.79 Å². The van der Waals surface area contributed by atoms with Crippen LogP contribution in [-0.4, -0.2) is 35.9 Å². The topological polar surface area (TPSA) is 58.6 Å². The van der Waals surface area contributed by atoms with E-state index in [4.69, 9.17) is 9.84 Å². The Labute approximate surface area is 84.6 Å². The third kappa shape index (κ3) is 3.64. The Bertz CT molecular complexity index is 211. The molecule has 1 unspecified atom stereocenters. The van der Waals surface area contributed by atoms with Crippen LogP contribution < -0.4 is 5.32 Å². The third-order valence-electron chi connectivity index (χ3n) is 2.56. The molecular formula is C10H19NO3. The van der Waals surface area contributed by atoms with Crippen LogP contribution in [0.4, 0.5) is 0 Å². The van der Waals surface area contributed by atoms with Gasteiger partial charge in [-0.05, 0) is 26.7 Å². The lowest BCUT2D eigenvalue weighted by molar-refractivity contribution is -0.141. The van der Waals surface area contributed by atoms with Gasteiger partial charge in [0.05, 0.1) is 5.60 Å². The van der Waals surface area contributed by atoms with Gasteiger partial charge in [-0.1, -0.05) is 0 Å². The lowest BCUT2D eigenvalue weighted by Gasteiger charge is -2.27. The molecule has 14 heavy (non-hydrogen) atoms. The number of carboxylic acid groups (broad SMARTS) is 1. The summed E-state index contributed by atoms with van der Waals surface area (Å²) in [7, 11) is 1.61. The maximum absolute atomic E-state index is 10.9. The maximum atomic E-state index is 10.9. The molecule has 0 spiro atoms. The van der Waals surface area contributed by atoms with E-state index in [-0.39, 0.29) is 5.60 Å². The molecule has 82 valence electrons. The van der Waals surface area contributed by atoms with Crippen LogP contribution in [0.15, 0.2) is 0 Å². The zero-order valence-electron chi connectivity index (χ0n) is 9.04. The minimum absolute atomic E-state index is 0.384. The van der Waals surface area contributed by atoms with E-state index >= 15 is 0 Å². The van der Waals surface area contributed by atoms with Crippen LogP contribution in [0.1, 0.15) is 33.1 Å². The lowest BCUT2D eigenvalue weighted by atomic mass is 9.99. The van der Waals surface area contributed by atoms with Gasteiger partial charge < -0.3 is 15.2 Å². The smallest absolute Gasteiger partial charge is 0.320 e. The van der Waals surface area contributed by atoms with E-state index in [1.807, 2.05) is 13.8 Å². The van der Waals surface area contributed by atoms with E-state index < -0.39 is 12.0 Å². The number of nitrogens with one attached hydrogen (secondary N) is 1. The molecule has 1 saturated carbocycles. The predicted octanol–water partition coefficient (Wildman–Crippen LogP) is 1.01. The van der Waals surface area contributed by atoms with Crippen molar-refractivity contribution < 1.29 is 14.6 Å². The monoisotopic (exact) mass is 201 g/mol. The molecule has 1 aliphatic rings. The van der Waals surface area contributed by atoms with Gasteiger partial charge in [0.25, 0.3) is 0 Å². The Balaban J connectivity index is 2.45. The van der Waals surface area contributed by atoms with Gasteiger partial charge in [-0.2, -0.15) is 0 Å². The van der Waals surface area contributed by atoms with E-state index in [0.29, 0.717) is 12.5 Å². The van der Waals surface area contributed by atoms with Crippen molar-refractivity contribution in [1.82, 2.24) is 5.32 Å². The van der Waals surface area contributed by atoms with Gasteiger partial charge in [0.15, 0.2) is 0 Å². The van der Waals surface area contributed by atoms with Crippen LogP contribution in [0.3, 0.4) is 0 Å². The number of aliphatic carboxylic acids is 1. The molecule has 0 aromatic rings. The molecule has 0 amide bonds. The van der Waals surface area contributed by atoms with Gasteiger partial charge in [-0.25, -0.2) is 0 Å². The van der Waals surface area contributed by atoms with E-state index in [1.54, 1.807) is 7.11 Å². The molecule has 0 saturated heterocycles. The zero-order valence-corrected chi connectivity index (χ0v) is 9.04. The fourth-order valence-corrected chi connectivity index (χ4v) is 1.33. The number of rotatable bonds is 6. The van der Waals surface area contributed by atoms with Crippen LogP contribution in [0.2, 0.25) is 0 Å². The number of methoxy groups -OCH3 is 1. The van der Waals surface area contributed by atoms with Crippen LogP contribution >= 0.6 is 0 Å². The molecule has 1 atom stereocenters. The fourth-order valence-electron chi connectivity index (χ4n) is 1.33. The van der Waals surface area contributed by atoms with Crippen molar-refractivity contribution in [2.45, 2.75) is 50.8 Å². The Kier molecular flexibility index (Phi) is 3.50. The van der Waals surface area contributed by atoms with Gasteiger partial charge in [0, 0.05) is 19.6 Å². The number of carbonyl (C=O) groups is 1. The molecule has 1 aliphatic carbocycles. The first-order valence-corrected chi connectivity index (χ1v) is 4.98. The van der Waals surface area contributed by atoms with Crippen molar-refractivity contribution in [3.8, 4) is 0 Å².